The highest BCUT2D eigenvalue weighted by atomic mass is 35.5. The van der Waals surface area contributed by atoms with E-state index in [0.29, 0.717) is 25.4 Å². The van der Waals surface area contributed by atoms with Crippen molar-refractivity contribution in [2.24, 2.45) is 0 Å². The third-order valence-corrected chi connectivity index (χ3v) is 5.00. The second-order valence-corrected chi connectivity index (χ2v) is 6.66. The average molecular weight is 366 g/mol. The van der Waals surface area contributed by atoms with Gasteiger partial charge in [0.25, 0.3) is 0 Å². The molecule has 1 aromatic carbocycles. The SMILES string of the molecule is CCCN(C(=O)CCN1C(=O)CCc2ccccc21)C1CCNC1.Cl. The van der Waals surface area contributed by atoms with Crippen LogP contribution >= 0.6 is 12.4 Å². The second kappa shape index (κ2) is 9.20. The first kappa shape index (κ1) is 19.7. The Morgan fingerprint density at radius 2 is 2.12 bits per heavy atom. The van der Waals surface area contributed by atoms with Crippen molar-refractivity contribution in [2.75, 3.05) is 31.1 Å². The minimum atomic E-state index is 0. The highest BCUT2D eigenvalue weighted by Crippen LogP contribution is 2.27. The zero-order valence-corrected chi connectivity index (χ0v) is 15.7. The Balaban J connectivity index is 0.00000225. The molecule has 1 atom stereocenters. The summed E-state index contributed by atoms with van der Waals surface area (Å²) < 4.78 is 0. The van der Waals surface area contributed by atoms with E-state index in [4.69, 9.17) is 0 Å². The summed E-state index contributed by atoms with van der Waals surface area (Å²) in [6.45, 7) is 5.26. The van der Waals surface area contributed by atoms with E-state index in [-0.39, 0.29) is 24.2 Å². The number of amides is 2. The number of carbonyl (C=O) groups is 2. The maximum Gasteiger partial charge on any atom is 0.227 e. The van der Waals surface area contributed by atoms with Crippen molar-refractivity contribution in [2.45, 2.75) is 45.1 Å². The number of rotatable bonds is 6. The molecular formula is C19H28ClN3O2. The van der Waals surface area contributed by atoms with Gasteiger partial charge in [-0.3, -0.25) is 9.59 Å². The molecule has 1 fully saturated rings. The molecule has 1 N–H and O–H groups in total. The van der Waals surface area contributed by atoms with Crippen LogP contribution in [-0.2, 0) is 16.0 Å². The number of aryl methyl sites for hydroxylation is 1. The normalized spacial score (nSPS) is 19.3. The highest BCUT2D eigenvalue weighted by Gasteiger charge is 2.28. The monoisotopic (exact) mass is 365 g/mol. The molecule has 2 aliphatic heterocycles. The standard InChI is InChI=1S/C19H27N3O2.ClH/c1-2-12-21(16-9-11-20-14-16)19(24)10-13-22-17-6-4-3-5-15(17)7-8-18(22)23;/h3-6,16,20H,2,7-14H2,1H3;1H. The summed E-state index contributed by atoms with van der Waals surface area (Å²) in [5, 5.41) is 3.33. The number of anilines is 1. The fraction of sp³-hybridized carbons (Fsp3) is 0.579. The maximum atomic E-state index is 12.7. The molecule has 25 heavy (non-hydrogen) atoms. The number of hydrogen-bond acceptors (Lipinski definition) is 3. The van der Waals surface area contributed by atoms with Crippen molar-refractivity contribution in [3.05, 3.63) is 29.8 Å². The molecule has 0 bridgehead atoms. The van der Waals surface area contributed by atoms with Gasteiger partial charge in [-0.05, 0) is 37.4 Å². The first-order valence-electron chi connectivity index (χ1n) is 9.09. The maximum absolute atomic E-state index is 12.7. The molecule has 1 aromatic rings. The lowest BCUT2D eigenvalue weighted by Crippen LogP contribution is -2.44. The van der Waals surface area contributed by atoms with Crippen LogP contribution in [-0.4, -0.2) is 48.9 Å². The Labute approximate surface area is 156 Å². The van der Waals surface area contributed by atoms with Crippen LogP contribution in [0.3, 0.4) is 0 Å². The number of benzene rings is 1. The van der Waals surface area contributed by atoms with Crippen LogP contribution < -0.4 is 10.2 Å². The van der Waals surface area contributed by atoms with Crippen LogP contribution in [0.2, 0.25) is 0 Å². The van der Waals surface area contributed by atoms with Gasteiger partial charge in [0.05, 0.1) is 0 Å². The van der Waals surface area contributed by atoms with E-state index in [0.717, 1.165) is 44.6 Å². The molecule has 0 aliphatic carbocycles. The number of fused-ring (bicyclic) bond motifs is 1. The first-order chi connectivity index (χ1) is 11.7. The zero-order chi connectivity index (χ0) is 16.9. The third-order valence-electron chi connectivity index (χ3n) is 5.00. The molecule has 0 aromatic heterocycles. The molecule has 5 nitrogen and oxygen atoms in total. The highest BCUT2D eigenvalue weighted by molar-refractivity contribution is 5.97. The molecule has 6 heteroatoms. The van der Waals surface area contributed by atoms with E-state index < -0.39 is 0 Å². The Kier molecular flexibility index (Phi) is 7.26. The number of carbonyl (C=O) groups excluding carboxylic acids is 2. The largest absolute Gasteiger partial charge is 0.338 e. The topological polar surface area (TPSA) is 52.7 Å². The van der Waals surface area contributed by atoms with Gasteiger partial charge >= 0.3 is 0 Å². The van der Waals surface area contributed by atoms with Gasteiger partial charge in [-0.25, -0.2) is 0 Å². The quantitative estimate of drug-likeness (QED) is 0.842. The zero-order valence-electron chi connectivity index (χ0n) is 14.9. The molecule has 2 aliphatic rings. The van der Waals surface area contributed by atoms with Crippen molar-refractivity contribution >= 4 is 29.9 Å². The lowest BCUT2D eigenvalue weighted by molar-refractivity contribution is -0.133. The summed E-state index contributed by atoms with van der Waals surface area (Å²) in [5.74, 6) is 0.299. The van der Waals surface area contributed by atoms with Gasteiger partial charge in [0.2, 0.25) is 11.8 Å². The van der Waals surface area contributed by atoms with Gasteiger partial charge in [0.1, 0.15) is 0 Å². The van der Waals surface area contributed by atoms with Crippen molar-refractivity contribution in [1.82, 2.24) is 10.2 Å². The van der Waals surface area contributed by atoms with Crippen LogP contribution in [0.25, 0.3) is 0 Å². The van der Waals surface area contributed by atoms with E-state index in [1.165, 1.54) is 5.56 Å². The van der Waals surface area contributed by atoms with E-state index in [2.05, 4.69) is 18.3 Å². The van der Waals surface area contributed by atoms with Crippen molar-refractivity contribution in [3.8, 4) is 0 Å². The molecule has 1 saturated heterocycles. The molecule has 1 unspecified atom stereocenters. The molecule has 3 rings (SSSR count). The first-order valence-corrected chi connectivity index (χ1v) is 9.09. The molecule has 0 radical (unpaired) electrons. The van der Waals surface area contributed by atoms with Crippen LogP contribution in [0, 0.1) is 0 Å². The smallest absolute Gasteiger partial charge is 0.227 e. The summed E-state index contributed by atoms with van der Waals surface area (Å²) >= 11 is 0. The average Bonchev–Trinajstić information content (AvgIpc) is 3.12. The molecule has 0 saturated carbocycles. The number of halogens is 1. The molecule has 2 amide bonds. The third kappa shape index (κ3) is 4.53. The van der Waals surface area contributed by atoms with Gasteiger partial charge in [-0.2, -0.15) is 0 Å². The van der Waals surface area contributed by atoms with E-state index in [1.807, 2.05) is 23.1 Å². The van der Waals surface area contributed by atoms with Crippen molar-refractivity contribution in [3.63, 3.8) is 0 Å². The van der Waals surface area contributed by atoms with Gasteiger partial charge in [-0.1, -0.05) is 25.1 Å². The lowest BCUT2D eigenvalue weighted by atomic mass is 10.0. The molecule has 2 heterocycles. The Bertz CT molecular complexity index is 602. The molecular weight excluding hydrogens is 338 g/mol. The summed E-state index contributed by atoms with van der Waals surface area (Å²) in [6.07, 6.45) is 3.73. The van der Waals surface area contributed by atoms with Gasteiger partial charge in [0.15, 0.2) is 0 Å². The summed E-state index contributed by atoms with van der Waals surface area (Å²) in [5.41, 5.74) is 2.18. The number of para-hydroxylation sites is 1. The lowest BCUT2D eigenvalue weighted by Gasteiger charge is -2.32. The van der Waals surface area contributed by atoms with Gasteiger partial charge < -0.3 is 15.1 Å². The van der Waals surface area contributed by atoms with E-state index >= 15 is 0 Å². The van der Waals surface area contributed by atoms with Crippen LogP contribution in [0.4, 0.5) is 5.69 Å². The fourth-order valence-electron chi connectivity index (χ4n) is 3.75. The van der Waals surface area contributed by atoms with Crippen LogP contribution in [0.5, 0.6) is 0 Å². The summed E-state index contributed by atoms with van der Waals surface area (Å²) in [7, 11) is 0. The molecule has 0 spiro atoms. The Morgan fingerprint density at radius 1 is 1.32 bits per heavy atom. The van der Waals surface area contributed by atoms with Gasteiger partial charge in [0, 0.05) is 44.2 Å². The van der Waals surface area contributed by atoms with Gasteiger partial charge in [-0.15, -0.1) is 12.4 Å². The Morgan fingerprint density at radius 3 is 2.84 bits per heavy atom. The molecule has 138 valence electrons. The van der Waals surface area contributed by atoms with E-state index in [1.54, 1.807) is 4.90 Å². The summed E-state index contributed by atoms with van der Waals surface area (Å²) in [4.78, 5) is 28.9. The van der Waals surface area contributed by atoms with Crippen LogP contribution in [0.15, 0.2) is 24.3 Å². The predicted octanol–water partition coefficient (Wildman–Crippen LogP) is 2.38. The fourth-order valence-corrected chi connectivity index (χ4v) is 3.75. The number of nitrogens with zero attached hydrogens (tertiary/aromatic N) is 2. The summed E-state index contributed by atoms with van der Waals surface area (Å²) in [6, 6.07) is 8.33. The number of nitrogens with one attached hydrogen (secondary N) is 1. The predicted molar refractivity (Wildman–Crippen MR) is 102 cm³/mol. The minimum absolute atomic E-state index is 0. The second-order valence-electron chi connectivity index (χ2n) is 6.66. The Hall–Kier alpha value is -1.59. The van der Waals surface area contributed by atoms with Crippen molar-refractivity contribution < 1.29 is 9.59 Å². The van der Waals surface area contributed by atoms with Crippen molar-refractivity contribution in [1.29, 1.82) is 0 Å². The number of hydrogen-bond donors (Lipinski definition) is 1. The van der Waals surface area contributed by atoms with E-state index in [9.17, 15) is 9.59 Å². The minimum Gasteiger partial charge on any atom is -0.338 e. The van der Waals surface area contributed by atoms with Crippen LogP contribution in [0.1, 0.15) is 38.2 Å².